The number of aryl methyl sites for hydroxylation is 1. The summed E-state index contributed by atoms with van der Waals surface area (Å²) < 4.78 is 8.08. The molecule has 1 N–H and O–H groups in total. The van der Waals surface area contributed by atoms with E-state index in [1.54, 1.807) is 19.1 Å². The third kappa shape index (κ3) is 5.12. The third-order valence-corrected chi connectivity index (χ3v) is 6.49. The Morgan fingerprint density at radius 3 is 2.64 bits per heavy atom. The maximum absolute atomic E-state index is 12.5. The highest BCUT2D eigenvalue weighted by molar-refractivity contribution is 9.10. The predicted molar refractivity (Wildman–Crippen MR) is 136 cm³/mol. The Hall–Kier alpha value is -3.10. The fourth-order valence-electron chi connectivity index (χ4n) is 3.58. The van der Waals surface area contributed by atoms with E-state index < -0.39 is 0 Å². The van der Waals surface area contributed by atoms with Crippen molar-refractivity contribution in [3.05, 3.63) is 86.5 Å². The topological polar surface area (TPSA) is 72.7 Å². The van der Waals surface area contributed by atoms with Gasteiger partial charge in [0.15, 0.2) is 5.17 Å². The summed E-state index contributed by atoms with van der Waals surface area (Å²) in [6.07, 6.45) is 1.88. The zero-order chi connectivity index (χ0) is 23.5. The highest BCUT2D eigenvalue weighted by atomic mass is 79.9. The smallest absolute Gasteiger partial charge is 0.338 e. The molecule has 0 aliphatic carbocycles. The van der Waals surface area contributed by atoms with Crippen molar-refractivity contribution in [3.63, 3.8) is 0 Å². The van der Waals surface area contributed by atoms with Gasteiger partial charge in [-0.1, -0.05) is 22.0 Å². The van der Waals surface area contributed by atoms with Gasteiger partial charge >= 0.3 is 5.97 Å². The van der Waals surface area contributed by atoms with Crippen LogP contribution in [0.25, 0.3) is 11.8 Å². The molecule has 1 aliphatic heterocycles. The van der Waals surface area contributed by atoms with E-state index in [0.29, 0.717) is 22.2 Å². The number of amides is 1. The number of nitrogens with one attached hydrogen (secondary N) is 1. The first-order chi connectivity index (χ1) is 15.9. The van der Waals surface area contributed by atoms with Crippen molar-refractivity contribution in [1.82, 2.24) is 9.88 Å². The Morgan fingerprint density at radius 2 is 1.94 bits per heavy atom. The monoisotopic (exact) mass is 523 g/mol. The van der Waals surface area contributed by atoms with Crippen molar-refractivity contribution in [2.75, 3.05) is 6.61 Å². The molecule has 0 saturated carbocycles. The van der Waals surface area contributed by atoms with E-state index in [-0.39, 0.29) is 11.9 Å². The van der Waals surface area contributed by atoms with Crippen molar-refractivity contribution >= 4 is 56.5 Å². The molecule has 0 unspecified atom stereocenters. The van der Waals surface area contributed by atoms with Crippen LogP contribution in [0, 0.1) is 13.8 Å². The number of carbonyl (C=O) groups excluding carboxylic acids is 2. The van der Waals surface area contributed by atoms with Crippen molar-refractivity contribution in [3.8, 4) is 5.69 Å². The molecule has 6 nitrogen and oxygen atoms in total. The van der Waals surface area contributed by atoms with E-state index >= 15 is 0 Å². The van der Waals surface area contributed by atoms with E-state index in [1.807, 2.05) is 62.4 Å². The first-order valence-corrected chi connectivity index (χ1v) is 12.0. The number of benzene rings is 2. The molecule has 168 valence electrons. The highest BCUT2D eigenvalue weighted by Crippen LogP contribution is 2.31. The van der Waals surface area contributed by atoms with Crippen molar-refractivity contribution in [2.45, 2.75) is 20.8 Å². The zero-order valence-electron chi connectivity index (χ0n) is 18.4. The maximum Gasteiger partial charge on any atom is 0.338 e. The second kappa shape index (κ2) is 9.80. The number of rotatable bonds is 5. The summed E-state index contributed by atoms with van der Waals surface area (Å²) >= 11 is 4.75. The van der Waals surface area contributed by atoms with Crippen LogP contribution in [0.1, 0.15) is 34.2 Å². The number of aromatic nitrogens is 1. The molecule has 0 atom stereocenters. The first-order valence-electron chi connectivity index (χ1n) is 10.4. The maximum atomic E-state index is 12.5. The van der Waals surface area contributed by atoms with Gasteiger partial charge in [0, 0.05) is 21.5 Å². The summed E-state index contributed by atoms with van der Waals surface area (Å²) in [5.74, 6) is -0.502. The fraction of sp³-hybridized carbons (Fsp3) is 0.160. The van der Waals surface area contributed by atoms with Gasteiger partial charge in [-0.15, -0.1) is 0 Å². The standard InChI is InChI=1S/C25H22BrN3O3S/c1-4-32-24(31)17-8-10-21(11-9-17)29-15(2)12-18(16(29)3)13-22-23(30)28-25(33-22)27-20-7-5-6-19(26)14-20/h5-14H,4H2,1-3H3,(H,27,28,30)/b22-13-. The SMILES string of the molecule is CCOC(=O)c1ccc(-n2c(C)cc(/C=C3\SC(=Nc4cccc(Br)c4)NC3=O)c2C)cc1. The van der Waals surface area contributed by atoms with Gasteiger partial charge in [0.1, 0.15) is 0 Å². The molecule has 3 aromatic rings. The second-order valence-electron chi connectivity index (χ2n) is 7.39. The Kier molecular flexibility index (Phi) is 6.85. The van der Waals surface area contributed by atoms with Gasteiger partial charge in [-0.2, -0.15) is 0 Å². The molecular weight excluding hydrogens is 502 g/mol. The highest BCUT2D eigenvalue weighted by Gasteiger charge is 2.24. The molecule has 33 heavy (non-hydrogen) atoms. The number of esters is 1. The van der Waals surface area contributed by atoms with E-state index in [4.69, 9.17) is 4.74 Å². The lowest BCUT2D eigenvalue weighted by atomic mass is 10.2. The van der Waals surface area contributed by atoms with Crippen LogP contribution in [-0.4, -0.2) is 28.2 Å². The number of hydrogen-bond donors (Lipinski definition) is 1. The number of thioether (sulfide) groups is 1. The fourth-order valence-corrected chi connectivity index (χ4v) is 4.80. The molecule has 1 aromatic heterocycles. The number of carbonyl (C=O) groups is 2. The number of amidine groups is 1. The second-order valence-corrected chi connectivity index (χ2v) is 9.34. The normalized spacial score (nSPS) is 15.8. The van der Waals surface area contributed by atoms with Crippen LogP contribution in [-0.2, 0) is 9.53 Å². The van der Waals surface area contributed by atoms with Crippen LogP contribution in [0.4, 0.5) is 5.69 Å². The number of hydrogen-bond acceptors (Lipinski definition) is 5. The number of nitrogens with zero attached hydrogens (tertiary/aromatic N) is 2. The van der Waals surface area contributed by atoms with Gasteiger partial charge in [0.25, 0.3) is 5.91 Å². The van der Waals surface area contributed by atoms with Crippen molar-refractivity contribution in [2.24, 2.45) is 4.99 Å². The molecule has 2 aromatic carbocycles. The first kappa shape index (κ1) is 23.1. The van der Waals surface area contributed by atoms with E-state index in [1.165, 1.54) is 11.8 Å². The lowest BCUT2D eigenvalue weighted by Crippen LogP contribution is -2.19. The Bertz CT molecular complexity index is 1290. The average Bonchev–Trinajstić information content (AvgIpc) is 3.26. The van der Waals surface area contributed by atoms with E-state index in [9.17, 15) is 9.59 Å². The molecular formula is C25H22BrN3O3S. The summed E-state index contributed by atoms with van der Waals surface area (Å²) in [5.41, 5.74) is 5.18. The van der Waals surface area contributed by atoms with Gasteiger partial charge < -0.3 is 14.6 Å². The number of aliphatic imine (C=N–C) groups is 1. The van der Waals surface area contributed by atoms with Crippen LogP contribution < -0.4 is 5.32 Å². The summed E-state index contributed by atoms with van der Waals surface area (Å²) in [4.78, 5) is 29.6. The predicted octanol–water partition coefficient (Wildman–Crippen LogP) is 5.92. The van der Waals surface area contributed by atoms with Gasteiger partial charge in [-0.25, -0.2) is 9.79 Å². The van der Waals surface area contributed by atoms with Crippen molar-refractivity contribution in [1.29, 1.82) is 0 Å². The van der Waals surface area contributed by atoms with Gasteiger partial charge in [-0.05, 0) is 92.7 Å². The largest absolute Gasteiger partial charge is 0.462 e. The molecule has 1 fully saturated rings. The van der Waals surface area contributed by atoms with Crippen LogP contribution in [0.3, 0.4) is 0 Å². The molecule has 0 spiro atoms. The minimum atomic E-state index is -0.333. The van der Waals surface area contributed by atoms with Gasteiger partial charge in [0.2, 0.25) is 0 Å². The van der Waals surface area contributed by atoms with Gasteiger partial charge in [-0.3, -0.25) is 4.79 Å². The Labute approximate surface area is 204 Å². The lowest BCUT2D eigenvalue weighted by molar-refractivity contribution is -0.115. The molecule has 1 amide bonds. The van der Waals surface area contributed by atoms with Crippen LogP contribution in [0.15, 0.2) is 69.0 Å². The van der Waals surface area contributed by atoms with E-state index in [0.717, 1.165) is 32.8 Å². The molecule has 2 heterocycles. The third-order valence-electron chi connectivity index (χ3n) is 5.08. The van der Waals surface area contributed by atoms with Gasteiger partial charge in [0.05, 0.1) is 22.8 Å². The minimum Gasteiger partial charge on any atom is -0.462 e. The lowest BCUT2D eigenvalue weighted by Gasteiger charge is -2.10. The molecule has 1 aliphatic rings. The van der Waals surface area contributed by atoms with E-state index in [2.05, 4.69) is 30.8 Å². The number of halogens is 1. The summed E-state index contributed by atoms with van der Waals surface area (Å²) in [6, 6.07) is 16.9. The molecule has 0 bridgehead atoms. The summed E-state index contributed by atoms with van der Waals surface area (Å²) in [7, 11) is 0. The van der Waals surface area contributed by atoms with Crippen LogP contribution >= 0.6 is 27.7 Å². The van der Waals surface area contributed by atoms with Crippen LogP contribution in [0.2, 0.25) is 0 Å². The number of ether oxygens (including phenoxy) is 1. The van der Waals surface area contributed by atoms with Crippen LogP contribution in [0.5, 0.6) is 0 Å². The Morgan fingerprint density at radius 1 is 1.18 bits per heavy atom. The minimum absolute atomic E-state index is 0.169. The Balaban J connectivity index is 1.59. The molecule has 4 rings (SSSR count). The summed E-state index contributed by atoms with van der Waals surface area (Å²) in [5, 5.41) is 3.38. The molecule has 8 heteroatoms. The zero-order valence-corrected chi connectivity index (χ0v) is 20.8. The molecule has 0 radical (unpaired) electrons. The summed E-state index contributed by atoms with van der Waals surface area (Å²) in [6.45, 7) is 6.14. The average molecular weight is 524 g/mol. The quantitative estimate of drug-likeness (QED) is 0.332. The molecule has 1 saturated heterocycles. The van der Waals surface area contributed by atoms with Crippen molar-refractivity contribution < 1.29 is 14.3 Å².